The molecule has 1 aromatic rings. The van der Waals surface area contributed by atoms with Crippen molar-refractivity contribution in [1.29, 1.82) is 0 Å². The summed E-state index contributed by atoms with van der Waals surface area (Å²) < 4.78 is 0. The van der Waals surface area contributed by atoms with Crippen LogP contribution in [0.2, 0.25) is 0 Å². The zero-order valence-corrected chi connectivity index (χ0v) is 10.1. The number of nitrogens with zero attached hydrogens (tertiary/aromatic N) is 1. The number of aryl methyl sites for hydroxylation is 1. The van der Waals surface area contributed by atoms with Crippen LogP contribution in [-0.2, 0) is 0 Å². The van der Waals surface area contributed by atoms with E-state index in [2.05, 4.69) is 11.6 Å². The van der Waals surface area contributed by atoms with Crippen LogP contribution in [0, 0.1) is 6.92 Å². The smallest absolute Gasteiger partial charge is 0.130 e. The number of allylic oxidation sites excluding steroid dienone is 5. The standard InChI is InChI=1S/C14H18N2/c1-5-10(2)6-7-12(4)13-8-11(3)9-16-14(13)15/h5-9H,1H2,2-4H3,(H2,15,16)/b10-6-,12-7+. The summed E-state index contributed by atoms with van der Waals surface area (Å²) >= 11 is 0. The van der Waals surface area contributed by atoms with Crippen molar-refractivity contribution in [3.8, 4) is 0 Å². The first-order valence-corrected chi connectivity index (χ1v) is 5.24. The maximum absolute atomic E-state index is 5.84. The minimum atomic E-state index is 0.573. The highest BCUT2D eigenvalue weighted by Crippen LogP contribution is 2.20. The molecule has 0 amide bonds. The largest absolute Gasteiger partial charge is 0.383 e. The quantitative estimate of drug-likeness (QED) is 0.782. The van der Waals surface area contributed by atoms with Gasteiger partial charge in [0.2, 0.25) is 0 Å². The summed E-state index contributed by atoms with van der Waals surface area (Å²) in [5.41, 5.74) is 10.2. The van der Waals surface area contributed by atoms with Gasteiger partial charge in [-0.2, -0.15) is 0 Å². The fourth-order valence-corrected chi connectivity index (χ4v) is 1.31. The fraction of sp³-hybridized carbons (Fsp3) is 0.214. The molecule has 0 unspecified atom stereocenters. The summed E-state index contributed by atoms with van der Waals surface area (Å²) in [4.78, 5) is 4.14. The van der Waals surface area contributed by atoms with Gasteiger partial charge in [0.05, 0.1) is 0 Å². The number of pyridine rings is 1. The molecule has 1 aromatic heterocycles. The summed E-state index contributed by atoms with van der Waals surface area (Å²) in [5.74, 6) is 0.573. The van der Waals surface area contributed by atoms with E-state index < -0.39 is 0 Å². The molecule has 0 aliphatic rings. The van der Waals surface area contributed by atoms with E-state index >= 15 is 0 Å². The maximum atomic E-state index is 5.84. The van der Waals surface area contributed by atoms with E-state index in [4.69, 9.17) is 5.73 Å². The monoisotopic (exact) mass is 214 g/mol. The lowest BCUT2D eigenvalue weighted by atomic mass is 10.1. The normalized spacial score (nSPS) is 12.7. The Hall–Kier alpha value is -1.83. The number of aromatic nitrogens is 1. The first-order valence-electron chi connectivity index (χ1n) is 5.24. The molecule has 0 fully saturated rings. The average Bonchev–Trinajstić information content (AvgIpc) is 2.28. The molecule has 16 heavy (non-hydrogen) atoms. The molecule has 0 radical (unpaired) electrons. The lowest BCUT2D eigenvalue weighted by Gasteiger charge is -2.05. The second kappa shape index (κ2) is 5.31. The molecule has 0 aliphatic heterocycles. The third-order valence-corrected chi connectivity index (χ3v) is 2.40. The molecule has 2 nitrogen and oxygen atoms in total. The molecular formula is C14H18N2. The second-order valence-corrected chi connectivity index (χ2v) is 3.91. The van der Waals surface area contributed by atoms with Crippen LogP contribution in [0.15, 0.2) is 42.6 Å². The molecule has 1 rings (SSSR count). The van der Waals surface area contributed by atoms with Crippen molar-refractivity contribution in [2.75, 3.05) is 5.73 Å². The maximum Gasteiger partial charge on any atom is 0.130 e. The molecule has 0 aromatic carbocycles. The molecule has 2 heteroatoms. The van der Waals surface area contributed by atoms with Crippen LogP contribution < -0.4 is 5.73 Å². The Balaban J connectivity index is 3.09. The Morgan fingerprint density at radius 1 is 1.38 bits per heavy atom. The van der Waals surface area contributed by atoms with Gasteiger partial charge in [-0.1, -0.05) is 30.4 Å². The van der Waals surface area contributed by atoms with E-state index in [0.717, 1.165) is 22.3 Å². The molecule has 0 atom stereocenters. The predicted octanol–water partition coefficient (Wildman–Crippen LogP) is 3.51. The molecule has 0 saturated heterocycles. The minimum Gasteiger partial charge on any atom is -0.383 e. The van der Waals surface area contributed by atoms with Gasteiger partial charge in [-0.25, -0.2) is 4.98 Å². The zero-order chi connectivity index (χ0) is 12.1. The lowest BCUT2D eigenvalue weighted by molar-refractivity contribution is 1.26. The molecule has 1 heterocycles. The number of hydrogen-bond acceptors (Lipinski definition) is 2. The first kappa shape index (κ1) is 12.2. The summed E-state index contributed by atoms with van der Waals surface area (Å²) in [7, 11) is 0. The van der Waals surface area contributed by atoms with Gasteiger partial charge in [0.15, 0.2) is 0 Å². The number of anilines is 1. The predicted molar refractivity (Wildman–Crippen MR) is 71.0 cm³/mol. The topological polar surface area (TPSA) is 38.9 Å². The van der Waals surface area contributed by atoms with Crippen molar-refractivity contribution < 1.29 is 0 Å². The van der Waals surface area contributed by atoms with Gasteiger partial charge in [0.1, 0.15) is 5.82 Å². The molecular weight excluding hydrogens is 196 g/mol. The lowest BCUT2D eigenvalue weighted by Crippen LogP contribution is -1.96. The summed E-state index contributed by atoms with van der Waals surface area (Å²) in [6, 6.07) is 2.05. The van der Waals surface area contributed by atoms with Crippen LogP contribution >= 0.6 is 0 Å². The highest BCUT2D eigenvalue weighted by molar-refractivity contribution is 5.73. The third kappa shape index (κ3) is 3.09. The van der Waals surface area contributed by atoms with Gasteiger partial charge in [0, 0.05) is 11.8 Å². The average molecular weight is 214 g/mol. The highest BCUT2D eigenvalue weighted by atomic mass is 14.8. The van der Waals surface area contributed by atoms with E-state index in [0.29, 0.717) is 5.82 Å². The van der Waals surface area contributed by atoms with Crippen LogP contribution in [0.5, 0.6) is 0 Å². The molecule has 0 bridgehead atoms. The number of rotatable bonds is 3. The molecule has 2 N–H and O–H groups in total. The van der Waals surface area contributed by atoms with E-state index in [1.807, 2.05) is 45.1 Å². The SMILES string of the molecule is C=C/C(C)=C\C=C(/C)c1cc(C)cnc1N. The Morgan fingerprint density at radius 2 is 2.06 bits per heavy atom. The van der Waals surface area contributed by atoms with E-state index in [1.165, 1.54) is 0 Å². The van der Waals surface area contributed by atoms with Crippen LogP contribution in [-0.4, -0.2) is 4.98 Å². The van der Waals surface area contributed by atoms with Gasteiger partial charge in [-0.3, -0.25) is 0 Å². The van der Waals surface area contributed by atoms with Crippen LogP contribution in [0.25, 0.3) is 5.57 Å². The number of hydrogen-bond donors (Lipinski definition) is 1. The number of nitrogen functional groups attached to an aromatic ring is 1. The van der Waals surface area contributed by atoms with E-state index in [1.54, 1.807) is 6.20 Å². The minimum absolute atomic E-state index is 0.573. The van der Waals surface area contributed by atoms with Crippen LogP contribution in [0.4, 0.5) is 5.82 Å². The van der Waals surface area contributed by atoms with Crippen molar-refractivity contribution in [3.63, 3.8) is 0 Å². The van der Waals surface area contributed by atoms with Crippen LogP contribution in [0.1, 0.15) is 25.0 Å². The molecule has 84 valence electrons. The molecule has 0 saturated carbocycles. The first-order chi connectivity index (χ1) is 7.54. The van der Waals surface area contributed by atoms with Gasteiger partial charge in [-0.15, -0.1) is 0 Å². The number of nitrogens with two attached hydrogens (primary N) is 1. The van der Waals surface area contributed by atoms with Crippen molar-refractivity contribution in [1.82, 2.24) is 4.98 Å². The van der Waals surface area contributed by atoms with Crippen molar-refractivity contribution >= 4 is 11.4 Å². The highest BCUT2D eigenvalue weighted by Gasteiger charge is 2.01. The molecule has 0 spiro atoms. The van der Waals surface area contributed by atoms with Crippen molar-refractivity contribution in [3.05, 3.63) is 53.8 Å². The third-order valence-electron chi connectivity index (χ3n) is 2.40. The van der Waals surface area contributed by atoms with Crippen molar-refractivity contribution in [2.24, 2.45) is 0 Å². The summed E-state index contributed by atoms with van der Waals surface area (Å²) in [6.45, 7) is 9.75. The molecule has 0 aliphatic carbocycles. The Morgan fingerprint density at radius 3 is 2.69 bits per heavy atom. The second-order valence-electron chi connectivity index (χ2n) is 3.91. The van der Waals surface area contributed by atoms with E-state index in [9.17, 15) is 0 Å². The Kier molecular flexibility index (Phi) is 4.06. The zero-order valence-electron chi connectivity index (χ0n) is 10.1. The van der Waals surface area contributed by atoms with Gasteiger partial charge >= 0.3 is 0 Å². The van der Waals surface area contributed by atoms with Gasteiger partial charge in [0.25, 0.3) is 0 Å². The van der Waals surface area contributed by atoms with E-state index in [-0.39, 0.29) is 0 Å². The summed E-state index contributed by atoms with van der Waals surface area (Å²) in [6.07, 6.45) is 7.65. The van der Waals surface area contributed by atoms with Gasteiger partial charge < -0.3 is 5.73 Å². The fourth-order valence-electron chi connectivity index (χ4n) is 1.31. The Bertz CT molecular complexity index is 454. The van der Waals surface area contributed by atoms with Crippen LogP contribution in [0.3, 0.4) is 0 Å². The Labute approximate surface area is 97.2 Å². The van der Waals surface area contributed by atoms with Gasteiger partial charge in [-0.05, 0) is 38.0 Å². The van der Waals surface area contributed by atoms with Crippen molar-refractivity contribution in [2.45, 2.75) is 20.8 Å². The summed E-state index contributed by atoms with van der Waals surface area (Å²) in [5, 5.41) is 0.